The van der Waals surface area contributed by atoms with Gasteiger partial charge in [-0.15, -0.1) is 0 Å². The molecule has 1 saturated heterocycles. The Morgan fingerprint density at radius 3 is 2.60 bits per heavy atom. The van der Waals surface area contributed by atoms with Crippen LogP contribution >= 0.6 is 22.6 Å². The lowest BCUT2D eigenvalue weighted by Crippen LogP contribution is -2.37. The first-order valence-electron chi connectivity index (χ1n) is 4.86. The Morgan fingerprint density at radius 1 is 1.47 bits per heavy atom. The normalized spacial score (nSPS) is 20.5. The van der Waals surface area contributed by atoms with Crippen molar-refractivity contribution in [3.05, 3.63) is 21.7 Å². The third kappa shape index (κ3) is 4.21. The summed E-state index contributed by atoms with van der Waals surface area (Å²) >= 11 is 2.09. The van der Waals surface area contributed by atoms with Crippen LogP contribution in [-0.2, 0) is 0 Å². The number of nitrogens with two attached hydrogens (primary N) is 1. The van der Waals surface area contributed by atoms with E-state index >= 15 is 0 Å². The van der Waals surface area contributed by atoms with Crippen molar-refractivity contribution < 1.29 is 5.11 Å². The van der Waals surface area contributed by atoms with Crippen LogP contribution in [0.3, 0.4) is 0 Å². The molecule has 4 nitrogen and oxygen atoms in total. The van der Waals surface area contributed by atoms with Crippen LogP contribution in [0.4, 0.5) is 0 Å². The number of likely N-dealkylation sites (tertiary alicyclic amines) is 1. The van der Waals surface area contributed by atoms with Gasteiger partial charge in [-0.1, -0.05) is 0 Å². The molecule has 0 aromatic carbocycles. The first-order chi connectivity index (χ1) is 7.13. The van der Waals surface area contributed by atoms with Crippen LogP contribution in [0.5, 0.6) is 0 Å². The van der Waals surface area contributed by atoms with Gasteiger partial charge >= 0.3 is 0 Å². The van der Waals surface area contributed by atoms with Crippen molar-refractivity contribution in [3.8, 4) is 0 Å². The number of aliphatic hydroxyl groups excluding tert-OH is 1. The molecule has 0 amide bonds. The summed E-state index contributed by atoms with van der Waals surface area (Å²) in [7, 11) is 0. The summed E-state index contributed by atoms with van der Waals surface area (Å²) in [6, 6.07) is 0. The Kier molecular flexibility index (Phi) is 5.10. The quantitative estimate of drug-likeness (QED) is 0.356. The molecule has 3 N–H and O–H groups in total. The molecule has 84 valence electrons. The van der Waals surface area contributed by atoms with E-state index in [9.17, 15) is 5.11 Å². The minimum Gasteiger partial charge on any atom is -0.393 e. The van der Waals surface area contributed by atoms with E-state index in [-0.39, 0.29) is 6.10 Å². The highest BCUT2D eigenvalue weighted by atomic mass is 127. The van der Waals surface area contributed by atoms with Crippen LogP contribution in [0.25, 0.3) is 0 Å². The summed E-state index contributed by atoms with van der Waals surface area (Å²) in [6.45, 7) is 5.05. The number of aliphatic imine (C=N–C) groups is 1. The van der Waals surface area contributed by atoms with Crippen LogP contribution in [0, 0.1) is 0 Å². The maximum Gasteiger partial charge on any atom is 0.100 e. The Labute approximate surface area is 104 Å². The van der Waals surface area contributed by atoms with Crippen molar-refractivity contribution in [2.45, 2.75) is 18.9 Å². The van der Waals surface area contributed by atoms with Gasteiger partial charge < -0.3 is 15.7 Å². The first-order valence-corrected chi connectivity index (χ1v) is 5.94. The molecule has 0 unspecified atom stereocenters. The largest absolute Gasteiger partial charge is 0.393 e. The van der Waals surface area contributed by atoms with E-state index in [1.807, 2.05) is 12.2 Å². The molecule has 0 aliphatic carbocycles. The van der Waals surface area contributed by atoms with Gasteiger partial charge in [0.25, 0.3) is 0 Å². The molecule has 0 bridgehead atoms. The molecule has 1 rings (SSSR count). The van der Waals surface area contributed by atoms with Gasteiger partial charge in [-0.05, 0) is 54.3 Å². The average molecular weight is 321 g/mol. The molecule has 0 aromatic heterocycles. The van der Waals surface area contributed by atoms with E-state index in [0.29, 0.717) is 0 Å². The standard InChI is InChI=1S/C10H16IN3O/c1-13-9(11)2-3-10(12)14-6-4-8(15)5-7-14/h2-3,8,15H,1,4-7,12H2/b9-2-,10-3+. The summed E-state index contributed by atoms with van der Waals surface area (Å²) in [5.74, 6) is 0.722. The summed E-state index contributed by atoms with van der Waals surface area (Å²) in [6.07, 6.45) is 5.06. The molecule has 15 heavy (non-hydrogen) atoms. The third-order valence-electron chi connectivity index (χ3n) is 2.37. The molecular formula is C10H16IN3O. The monoisotopic (exact) mass is 321 g/mol. The number of allylic oxidation sites excluding steroid dienone is 2. The van der Waals surface area contributed by atoms with Gasteiger partial charge in [0.15, 0.2) is 0 Å². The van der Waals surface area contributed by atoms with E-state index < -0.39 is 0 Å². The molecule has 0 atom stereocenters. The number of nitrogens with zero attached hydrogens (tertiary/aromatic N) is 2. The Balaban J connectivity index is 2.53. The van der Waals surface area contributed by atoms with Gasteiger partial charge in [0.2, 0.25) is 0 Å². The number of hydrogen-bond donors (Lipinski definition) is 2. The number of halogens is 1. The smallest absolute Gasteiger partial charge is 0.100 e. The Hall–Kier alpha value is -0.560. The zero-order valence-corrected chi connectivity index (χ0v) is 10.7. The van der Waals surface area contributed by atoms with E-state index in [1.165, 1.54) is 0 Å². The minimum absolute atomic E-state index is 0.167. The molecule has 0 aromatic rings. The summed E-state index contributed by atoms with van der Waals surface area (Å²) in [5.41, 5.74) is 5.89. The topological polar surface area (TPSA) is 61.8 Å². The second kappa shape index (κ2) is 6.12. The summed E-state index contributed by atoms with van der Waals surface area (Å²) in [5, 5.41) is 9.34. The molecular weight excluding hydrogens is 305 g/mol. The fraction of sp³-hybridized carbons (Fsp3) is 0.500. The lowest BCUT2D eigenvalue weighted by Gasteiger charge is -2.31. The van der Waals surface area contributed by atoms with Crippen LogP contribution < -0.4 is 5.73 Å². The van der Waals surface area contributed by atoms with Crippen LogP contribution in [0.2, 0.25) is 0 Å². The maximum atomic E-state index is 9.34. The molecule has 0 radical (unpaired) electrons. The highest BCUT2D eigenvalue weighted by Gasteiger charge is 2.16. The van der Waals surface area contributed by atoms with E-state index in [4.69, 9.17) is 5.73 Å². The molecule has 0 spiro atoms. The number of piperidine rings is 1. The summed E-state index contributed by atoms with van der Waals surface area (Å²) < 4.78 is 0.813. The molecule has 1 heterocycles. The van der Waals surface area contributed by atoms with Gasteiger partial charge in [-0.3, -0.25) is 4.99 Å². The zero-order chi connectivity index (χ0) is 11.3. The third-order valence-corrected chi connectivity index (χ3v) is 3.07. The van der Waals surface area contributed by atoms with Crippen molar-refractivity contribution in [1.29, 1.82) is 0 Å². The fourth-order valence-electron chi connectivity index (χ4n) is 1.44. The fourth-order valence-corrected chi connectivity index (χ4v) is 1.62. The van der Waals surface area contributed by atoms with E-state index in [1.54, 1.807) is 0 Å². The van der Waals surface area contributed by atoms with Gasteiger partial charge in [0.05, 0.1) is 11.9 Å². The first kappa shape index (κ1) is 12.5. The lowest BCUT2D eigenvalue weighted by atomic mass is 10.1. The highest BCUT2D eigenvalue weighted by molar-refractivity contribution is 14.1. The van der Waals surface area contributed by atoms with Crippen molar-refractivity contribution in [2.75, 3.05) is 13.1 Å². The number of hydrogen-bond acceptors (Lipinski definition) is 4. The molecule has 1 aliphatic heterocycles. The van der Waals surface area contributed by atoms with E-state index in [2.05, 4.69) is 39.2 Å². The van der Waals surface area contributed by atoms with Gasteiger partial charge in [-0.2, -0.15) is 0 Å². The van der Waals surface area contributed by atoms with Crippen molar-refractivity contribution in [1.82, 2.24) is 4.90 Å². The van der Waals surface area contributed by atoms with Crippen LogP contribution in [0.15, 0.2) is 26.7 Å². The average Bonchev–Trinajstić information content (AvgIpc) is 2.26. The molecule has 5 heteroatoms. The van der Waals surface area contributed by atoms with Crippen molar-refractivity contribution in [3.63, 3.8) is 0 Å². The minimum atomic E-state index is -0.167. The molecule has 0 saturated carbocycles. The van der Waals surface area contributed by atoms with Crippen molar-refractivity contribution in [2.24, 2.45) is 10.7 Å². The van der Waals surface area contributed by atoms with Gasteiger partial charge in [0.1, 0.15) is 3.70 Å². The Morgan fingerprint density at radius 2 is 2.07 bits per heavy atom. The maximum absolute atomic E-state index is 9.34. The molecule has 1 aliphatic rings. The molecule has 1 fully saturated rings. The number of aliphatic hydroxyl groups is 1. The number of rotatable bonds is 3. The predicted molar refractivity (Wildman–Crippen MR) is 70.7 cm³/mol. The van der Waals surface area contributed by atoms with Crippen LogP contribution in [0.1, 0.15) is 12.8 Å². The van der Waals surface area contributed by atoms with Gasteiger partial charge in [0, 0.05) is 13.1 Å². The SMILES string of the molecule is C=N/C(I)=C\C=C(/N)N1CCC(O)CC1. The Bertz CT molecular complexity index is 280. The lowest BCUT2D eigenvalue weighted by molar-refractivity contribution is 0.0965. The zero-order valence-electron chi connectivity index (χ0n) is 8.56. The second-order valence-electron chi connectivity index (χ2n) is 3.46. The van der Waals surface area contributed by atoms with Crippen LogP contribution in [-0.4, -0.2) is 35.9 Å². The summed E-state index contributed by atoms with van der Waals surface area (Å²) in [4.78, 5) is 5.82. The second-order valence-corrected chi connectivity index (χ2v) is 4.56. The predicted octanol–water partition coefficient (Wildman–Crippen LogP) is 1.22. The van der Waals surface area contributed by atoms with Crippen molar-refractivity contribution >= 4 is 29.3 Å². The van der Waals surface area contributed by atoms with E-state index in [0.717, 1.165) is 35.5 Å². The highest BCUT2D eigenvalue weighted by Crippen LogP contribution is 2.13. The van der Waals surface area contributed by atoms with Gasteiger partial charge in [-0.25, -0.2) is 0 Å².